The number of hydrogen-bond donors (Lipinski definition) is 0. The van der Waals surface area contributed by atoms with Crippen molar-refractivity contribution in [2.45, 2.75) is 38.5 Å². The van der Waals surface area contributed by atoms with Crippen LogP contribution in [0.5, 0.6) is 0 Å². The van der Waals surface area contributed by atoms with Crippen LogP contribution in [0.3, 0.4) is 0 Å². The van der Waals surface area contributed by atoms with Crippen molar-refractivity contribution in [1.29, 1.82) is 0 Å². The Hall–Kier alpha value is -0.670. The summed E-state index contributed by atoms with van der Waals surface area (Å²) in [6.07, 6.45) is 7.30. The molecular weight excluding hydrogens is 242 g/mol. The van der Waals surface area contributed by atoms with Crippen LogP contribution < -0.4 is 0 Å². The van der Waals surface area contributed by atoms with E-state index in [4.69, 9.17) is 0 Å². The molecule has 1 fully saturated rings. The van der Waals surface area contributed by atoms with Crippen molar-refractivity contribution in [2.24, 2.45) is 5.92 Å². The fraction of sp³-hybridized carbons (Fsp3) is 0.667. The third kappa shape index (κ3) is 4.21. The van der Waals surface area contributed by atoms with Gasteiger partial charge in [-0.3, -0.25) is 4.79 Å². The molecule has 0 saturated heterocycles. The third-order valence-electron chi connectivity index (χ3n) is 3.78. The molecule has 0 spiro atoms. The Labute approximate surface area is 114 Å². The van der Waals surface area contributed by atoms with Gasteiger partial charge in [0.15, 0.2) is 5.78 Å². The van der Waals surface area contributed by atoms with Crippen LogP contribution in [0.15, 0.2) is 17.5 Å². The van der Waals surface area contributed by atoms with Crippen molar-refractivity contribution >= 4 is 17.1 Å². The molecule has 3 heteroatoms. The van der Waals surface area contributed by atoms with Crippen molar-refractivity contribution in [3.8, 4) is 0 Å². The van der Waals surface area contributed by atoms with Gasteiger partial charge in [0.1, 0.15) is 0 Å². The summed E-state index contributed by atoms with van der Waals surface area (Å²) >= 11 is 1.55. The van der Waals surface area contributed by atoms with E-state index in [-0.39, 0.29) is 0 Å². The van der Waals surface area contributed by atoms with Crippen LogP contribution in [0.2, 0.25) is 0 Å². The molecule has 1 aliphatic rings. The molecule has 2 nitrogen and oxygen atoms in total. The Balaban J connectivity index is 1.61. The van der Waals surface area contributed by atoms with Crippen molar-refractivity contribution < 1.29 is 4.79 Å². The molecule has 1 heterocycles. The maximum atomic E-state index is 11.8. The highest BCUT2D eigenvalue weighted by molar-refractivity contribution is 7.12. The van der Waals surface area contributed by atoms with Crippen LogP contribution in [0.25, 0.3) is 0 Å². The van der Waals surface area contributed by atoms with Gasteiger partial charge in [0, 0.05) is 13.0 Å². The van der Waals surface area contributed by atoms with E-state index in [9.17, 15) is 4.79 Å². The Morgan fingerprint density at radius 3 is 2.89 bits per heavy atom. The number of ketones is 1. The van der Waals surface area contributed by atoms with Gasteiger partial charge in [-0.1, -0.05) is 18.9 Å². The van der Waals surface area contributed by atoms with Gasteiger partial charge in [-0.25, -0.2) is 0 Å². The summed E-state index contributed by atoms with van der Waals surface area (Å²) in [4.78, 5) is 15.1. The summed E-state index contributed by atoms with van der Waals surface area (Å²) in [6.45, 7) is 2.26. The molecule has 0 bridgehead atoms. The molecule has 0 aliphatic heterocycles. The lowest BCUT2D eigenvalue weighted by molar-refractivity contribution is 0.0979. The second kappa shape index (κ2) is 7.05. The van der Waals surface area contributed by atoms with Gasteiger partial charge in [0.25, 0.3) is 0 Å². The molecule has 100 valence electrons. The smallest absolute Gasteiger partial charge is 0.172 e. The average Bonchev–Trinajstić information content (AvgIpc) is 3.00. The molecule has 0 amide bonds. The minimum Gasteiger partial charge on any atom is -0.306 e. The second-order valence-electron chi connectivity index (χ2n) is 5.42. The molecule has 2 rings (SSSR count). The van der Waals surface area contributed by atoms with E-state index >= 15 is 0 Å². The minimum atomic E-state index is 0.305. The predicted molar refractivity (Wildman–Crippen MR) is 77.3 cm³/mol. The first kappa shape index (κ1) is 13.8. The normalized spacial score (nSPS) is 16.6. The molecule has 0 atom stereocenters. The first-order valence-electron chi connectivity index (χ1n) is 7.01. The number of nitrogens with zero attached hydrogens (tertiary/aromatic N) is 1. The van der Waals surface area contributed by atoms with Gasteiger partial charge in [0.05, 0.1) is 4.88 Å². The minimum absolute atomic E-state index is 0.305. The molecule has 1 aliphatic carbocycles. The van der Waals surface area contributed by atoms with Gasteiger partial charge in [-0.2, -0.15) is 0 Å². The second-order valence-corrected chi connectivity index (χ2v) is 6.36. The highest BCUT2D eigenvalue weighted by Crippen LogP contribution is 2.25. The van der Waals surface area contributed by atoms with Crippen molar-refractivity contribution in [1.82, 2.24) is 4.90 Å². The lowest BCUT2D eigenvalue weighted by atomic mass is 10.1. The molecule has 0 unspecified atom stereocenters. The monoisotopic (exact) mass is 265 g/mol. The largest absolute Gasteiger partial charge is 0.306 e. The SMILES string of the molecule is CN(CCCC(=O)c1cccs1)CC1CCCC1. The van der Waals surface area contributed by atoms with Crippen LogP contribution in [-0.4, -0.2) is 30.8 Å². The zero-order valence-electron chi connectivity index (χ0n) is 11.2. The van der Waals surface area contributed by atoms with Crippen LogP contribution in [0.1, 0.15) is 48.2 Å². The summed E-state index contributed by atoms with van der Waals surface area (Å²) in [5.41, 5.74) is 0. The van der Waals surface area contributed by atoms with E-state index in [1.54, 1.807) is 11.3 Å². The number of Topliss-reactive ketones (excluding diaryl/α,β-unsaturated/α-hetero) is 1. The standard InChI is InChI=1S/C15H23NOS/c1-16(12-13-6-2-3-7-13)10-4-8-14(17)15-9-5-11-18-15/h5,9,11,13H,2-4,6-8,10,12H2,1H3. The van der Waals surface area contributed by atoms with Crippen molar-refractivity contribution in [3.05, 3.63) is 22.4 Å². The maximum Gasteiger partial charge on any atom is 0.172 e. The summed E-state index contributed by atoms with van der Waals surface area (Å²) < 4.78 is 0. The molecule has 0 radical (unpaired) electrons. The van der Waals surface area contributed by atoms with E-state index in [2.05, 4.69) is 11.9 Å². The van der Waals surface area contributed by atoms with Crippen LogP contribution in [0.4, 0.5) is 0 Å². The van der Waals surface area contributed by atoms with E-state index < -0.39 is 0 Å². The molecular formula is C15H23NOS. The number of thiophene rings is 1. The average molecular weight is 265 g/mol. The molecule has 1 aromatic heterocycles. The number of carbonyl (C=O) groups is 1. The highest BCUT2D eigenvalue weighted by atomic mass is 32.1. The van der Waals surface area contributed by atoms with Gasteiger partial charge >= 0.3 is 0 Å². The number of hydrogen-bond acceptors (Lipinski definition) is 3. The summed E-state index contributed by atoms with van der Waals surface area (Å²) in [6, 6.07) is 3.87. The van der Waals surface area contributed by atoms with Gasteiger partial charge < -0.3 is 4.90 Å². The summed E-state index contributed by atoms with van der Waals surface area (Å²) in [5.74, 6) is 1.21. The molecule has 1 saturated carbocycles. The zero-order chi connectivity index (χ0) is 12.8. The topological polar surface area (TPSA) is 20.3 Å². The Kier molecular flexibility index (Phi) is 5.39. The highest BCUT2D eigenvalue weighted by Gasteiger charge is 2.16. The third-order valence-corrected chi connectivity index (χ3v) is 4.70. The Morgan fingerprint density at radius 1 is 1.44 bits per heavy atom. The fourth-order valence-corrected chi connectivity index (χ4v) is 3.49. The van der Waals surface area contributed by atoms with Crippen molar-refractivity contribution in [3.63, 3.8) is 0 Å². The number of rotatable bonds is 7. The predicted octanol–water partition coefficient (Wildman–Crippen LogP) is 3.83. The van der Waals surface area contributed by atoms with Gasteiger partial charge in [-0.15, -0.1) is 11.3 Å². The Bertz CT molecular complexity index is 355. The number of carbonyl (C=O) groups excluding carboxylic acids is 1. The molecule has 0 N–H and O–H groups in total. The lowest BCUT2D eigenvalue weighted by Gasteiger charge is -2.20. The van der Waals surface area contributed by atoms with Gasteiger partial charge in [0.2, 0.25) is 0 Å². The quantitative estimate of drug-likeness (QED) is 0.698. The molecule has 0 aromatic carbocycles. The van der Waals surface area contributed by atoms with E-state index in [0.717, 1.165) is 23.8 Å². The maximum absolute atomic E-state index is 11.8. The molecule has 18 heavy (non-hydrogen) atoms. The van der Waals surface area contributed by atoms with E-state index in [1.165, 1.54) is 32.2 Å². The fourth-order valence-electron chi connectivity index (χ4n) is 2.79. The van der Waals surface area contributed by atoms with E-state index in [1.807, 2.05) is 17.5 Å². The van der Waals surface area contributed by atoms with Crippen LogP contribution in [0, 0.1) is 5.92 Å². The van der Waals surface area contributed by atoms with Crippen LogP contribution >= 0.6 is 11.3 Å². The summed E-state index contributed by atoms with van der Waals surface area (Å²) in [5, 5.41) is 1.97. The molecule has 1 aromatic rings. The lowest BCUT2D eigenvalue weighted by Crippen LogP contribution is -2.25. The van der Waals surface area contributed by atoms with Gasteiger partial charge in [-0.05, 0) is 50.2 Å². The first-order valence-corrected chi connectivity index (χ1v) is 7.89. The Morgan fingerprint density at radius 2 is 2.22 bits per heavy atom. The van der Waals surface area contributed by atoms with E-state index in [0.29, 0.717) is 12.2 Å². The summed E-state index contributed by atoms with van der Waals surface area (Å²) in [7, 11) is 2.19. The van der Waals surface area contributed by atoms with Crippen molar-refractivity contribution in [2.75, 3.05) is 20.1 Å². The zero-order valence-corrected chi connectivity index (χ0v) is 12.0. The first-order chi connectivity index (χ1) is 8.75. The van der Waals surface area contributed by atoms with Crippen LogP contribution in [-0.2, 0) is 0 Å².